The summed E-state index contributed by atoms with van der Waals surface area (Å²) < 4.78 is 1.00. The van der Waals surface area contributed by atoms with Crippen LogP contribution in [-0.4, -0.2) is 23.9 Å². The molecule has 0 unspecified atom stereocenters. The van der Waals surface area contributed by atoms with Gasteiger partial charge in [-0.2, -0.15) is 0 Å². The number of hydrogen-bond acceptors (Lipinski definition) is 2. The third-order valence-electron chi connectivity index (χ3n) is 1.89. The van der Waals surface area contributed by atoms with E-state index in [2.05, 4.69) is 15.9 Å². The van der Waals surface area contributed by atoms with Gasteiger partial charge in [-0.1, -0.05) is 12.2 Å². The highest BCUT2D eigenvalue weighted by Gasteiger charge is 2.17. The van der Waals surface area contributed by atoms with Crippen molar-refractivity contribution in [2.45, 2.75) is 0 Å². The van der Waals surface area contributed by atoms with Gasteiger partial charge in [-0.25, -0.2) is 0 Å². The Morgan fingerprint density at radius 3 is 2.62 bits per heavy atom. The number of rotatable bonds is 1. The molecule has 0 spiro atoms. The molecule has 13 heavy (non-hydrogen) atoms. The molecule has 0 bridgehead atoms. The maximum absolute atomic E-state index is 11.7. The van der Waals surface area contributed by atoms with E-state index in [1.807, 2.05) is 29.2 Å². The van der Waals surface area contributed by atoms with Gasteiger partial charge in [0.15, 0.2) is 0 Å². The molecule has 0 fully saturated rings. The molecule has 2 heterocycles. The first-order chi connectivity index (χ1) is 6.27. The van der Waals surface area contributed by atoms with E-state index >= 15 is 0 Å². The highest BCUT2D eigenvalue weighted by atomic mass is 79.9. The highest BCUT2D eigenvalue weighted by molar-refractivity contribution is 9.11. The van der Waals surface area contributed by atoms with Crippen molar-refractivity contribution in [1.82, 2.24) is 4.90 Å². The third-order valence-corrected chi connectivity index (χ3v) is 3.50. The summed E-state index contributed by atoms with van der Waals surface area (Å²) in [6.07, 6.45) is 4.03. The zero-order valence-corrected chi connectivity index (χ0v) is 9.27. The first-order valence-corrected chi connectivity index (χ1v) is 5.58. The van der Waals surface area contributed by atoms with E-state index in [1.54, 1.807) is 0 Å². The van der Waals surface area contributed by atoms with Crippen molar-refractivity contribution < 1.29 is 4.79 Å². The maximum Gasteiger partial charge on any atom is 0.264 e. The van der Waals surface area contributed by atoms with Crippen molar-refractivity contribution in [2.24, 2.45) is 0 Å². The van der Waals surface area contributed by atoms with Crippen LogP contribution in [0.15, 0.2) is 28.1 Å². The fourth-order valence-corrected chi connectivity index (χ4v) is 2.58. The van der Waals surface area contributed by atoms with Crippen molar-refractivity contribution in [3.63, 3.8) is 0 Å². The monoisotopic (exact) mass is 257 g/mol. The molecule has 1 aliphatic rings. The lowest BCUT2D eigenvalue weighted by Gasteiger charge is -2.13. The topological polar surface area (TPSA) is 20.3 Å². The van der Waals surface area contributed by atoms with Gasteiger partial charge in [0.2, 0.25) is 0 Å². The first kappa shape index (κ1) is 8.97. The minimum Gasteiger partial charge on any atom is -0.331 e. The Kier molecular flexibility index (Phi) is 2.51. The van der Waals surface area contributed by atoms with Gasteiger partial charge in [-0.05, 0) is 28.1 Å². The van der Waals surface area contributed by atoms with E-state index in [0.29, 0.717) is 0 Å². The lowest BCUT2D eigenvalue weighted by Crippen LogP contribution is -2.27. The minimum absolute atomic E-state index is 0.126. The smallest absolute Gasteiger partial charge is 0.264 e. The van der Waals surface area contributed by atoms with Crippen LogP contribution in [0.3, 0.4) is 0 Å². The second kappa shape index (κ2) is 3.64. The number of amides is 1. The molecule has 4 heteroatoms. The summed E-state index contributed by atoms with van der Waals surface area (Å²) in [5, 5.41) is 0. The van der Waals surface area contributed by atoms with Gasteiger partial charge in [-0.15, -0.1) is 11.3 Å². The van der Waals surface area contributed by atoms with Crippen LogP contribution < -0.4 is 0 Å². The molecule has 0 N–H and O–H groups in total. The van der Waals surface area contributed by atoms with Gasteiger partial charge in [-0.3, -0.25) is 4.79 Å². The normalized spacial score (nSPS) is 15.3. The zero-order chi connectivity index (χ0) is 9.26. The molecule has 0 atom stereocenters. The largest absolute Gasteiger partial charge is 0.331 e. The maximum atomic E-state index is 11.7. The Labute approximate surface area is 89.0 Å². The third kappa shape index (κ3) is 1.84. The van der Waals surface area contributed by atoms with Gasteiger partial charge in [0, 0.05) is 13.1 Å². The molecular weight excluding hydrogens is 250 g/mol. The lowest BCUT2D eigenvalue weighted by molar-refractivity contribution is 0.0805. The second-order valence-electron chi connectivity index (χ2n) is 2.79. The van der Waals surface area contributed by atoms with Crippen molar-refractivity contribution in [1.29, 1.82) is 0 Å². The number of nitrogens with zero attached hydrogens (tertiary/aromatic N) is 1. The summed E-state index contributed by atoms with van der Waals surface area (Å²) in [7, 11) is 0. The summed E-state index contributed by atoms with van der Waals surface area (Å²) in [6.45, 7) is 1.49. The van der Waals surface area contributed by atoms with E-state index in [4.69, 9.17) is 0 Å². The predicted molar refractivity (Wildman–Crippen MR) is 57.1 cm³/mol. The van der Waals surface area contributed by atoms with Crippen molar-refractivity contribution >= 4 is 33.2 Å². The molecule has 2 rings (SSSR count). The summed E-state index contributed by atoms with van der Waals surface area (Å²) in [4.78, 5) is 14.4. The Balaban J connectivity index is 2.13. The number of hydrogen-bond donors (Lipinski definition) is 0. The Morgan fingerprint density at radius 2 is 2.08 bits per heavy atom. The zero-order valence-electron chi connectivity index (χ0n) is 6.87. The van der Waals surface area contributed by atoms with E-state index in [0.717, 1.165) is 21.8 Å². The molecule has 1 amide bonds. The molecular formula is C9H8BrNOS. The summed E-state index contributed by atoms with van der Waals surface area (Å²) in [6, 6.07) is 3.76. The van der Waals surface area contributed by atoms with E-state index in [1.165, 1.54) is 11.3 Å². The molecule has 0 aliphatic carbocycles. The second-order valence-corrected chi connectivity index (χ2v) is 5.25. The number of halogens is 1. The average molecular weight is 258 g/mol. The quantitative estimate of drug-likeness (QED) is 0.709. The van der Waals surface area contributed by atoms with E-state index in [-0.39, 0.29) is 5.91 Å². The van der Waals surface area contributed by atoms with Gasteiger partial charge >= 0.3 is 0 Å². The number of thiophene rings is 1. The molecule has 0 saturated heterocycles. The Hall–Kier alpha value is -0.610. The molecule has 68 valence electrons. The van der Waals surface area contributed by atoms with Crippen LogP contribution in [0.2, 0.25) is 0 Å². The van der Waals surface area contributed by atoms with E-state index < -0.39 is 0 Å². The van der Waals surface area contributed by atoms with Gasteiger partial charge in [0.05, 0.1) is 8.66 Å². The molecule has 2 nitrogen and oxygen atoms in total. The molecule has 0 radical (unpaired) electrons. The molecule has 0 saturated carbocycles. The lowest BCUT2D eigenvalue weighted by atomic mass is 10.4. The number of carbonyl (C=O) groups excluding carboxylic acids is 1. The van der Waals surface area contributed by atoms with Crippen molar-refractivity contribution in [3.8, 4) is 0 Å². The number of carbonyl (C=O) groups is 1. The summed E-state index contributed by atoms with van der Waals surface area (Å²) in [5.74, 6) is 0.126. The molecule has 0 aromatic carbocycles. The summed E-state index contributed by atoms with van der Waals surface area (Å²) in [5.41, 5.74) is 0. The van der Waals surface area contributed by atoms with Crippen LogP contribution in [0, 0.1) is 0 Å². The highest BCUT2D eigenvalue weighted by Crippen LogP contribution is 2.23. The van der Waals surface area contributed by atoms with Crippen LogP contribution >= 0.6 is 27.3 Å². The van der Waals surface area contributed by atoms with Crippen LogP contribution in [0.5, 0.6) is 0 Å². The average Bonchev–Trinajstić information content (AvgIpc) is 2.72. The Bertz CT molecular complexity index is 350. The predicted octanol–water partition coefficient (Wildman–Crippen LogP) is 2.52. The van der Waals surface area contributed by atoms with Gasteiger partial charge in [0.25, 0.3) is 5.91 Å². The fraction of sp³-hybridized carbons (Fsp3) is 0.222. The van der Waals surface area contributed by atoms with Gasteiger partial charge in [0.1, 0.15) is 0 Å². The van der Waals surface area contributed by atoms with Crippen LogP contribution in [-0.2, 0) is 0 Å². The van der Waals surface area contributed by atoms with Crippen LogP contribution in [0.4, 0.5) is 0 Å². The van der Waals surface area contributed by atoms with Crippen molar-refractivity contribution in [2.75, 3.05) is 13.1 Å². The molecule has 1 aromatic heterocycles. The van der Waals surface area contributed by atoms with Crippen molar-refractivity contribution in [3.05, 3.63) is 32.9 Å². The minimum atomic E-state index is 0.126. The van der Waals surface area contributed by atoms with Gasteiger partial charge < -0.3 is 4.90 Å². The molecule has 1 aromatic rings. The standard InChI is InChI=1S/C9H8BrNOS/c10-8-4-3-7(13-8)9(12)11-5-1-2-6-11/h1-4H,5-6H2. The molecule has 1 aliphatic heterocycles. The first-order valence-electron chi connectivity index (χ1n) is 3.97. The fourth-order valence-electron chi connectivity index (χ4n) is 1.23. The van der Waals surface area contributed by atoms with Crippen LogP contribution in [0.25, 0.3) is 0 Å². The van der Waals surface area contributed by atoms with E-state index in [9.17, 15) is 4.79 Å². The Morgan fingerprint density at radius 1 is 1.38 bits per heavy atom. The summed E-state index contributed by atoms with van der Waals surface area (Å²) >= 11 is 4.82. The SMILES string of the molecule is O=C(c1ccc(Br)s1)N1CC=CC1. The van der Waals surface area contributed by atoms with Crippen LogP contribution in [0.1, 0.15) is 9.67 Å².